The van der Waals surface area contributed by atoms with Crippen LogP contribution in [0.1, 0.15) is 50.5 Å². The van der Waals surface area contributed by atoms with Crippen LogP contribution in [0, 0.1) is 11.7 Å². The van der Waals surface area contributed by atoms with E-state index >= 15 is 0 Å². The second-order valence-electron chi connectivity index (χ2n) is 7.13. The predicted molar refractivity (Wildman–Crippen MR) is 88.1 cm³/mol. The van der Waals surface area contributed by atoms with Crippen LogP contribution < -0.4 is 0 Å². The predicted octanol–water partition coefficient (Wildman–Crippen LogP) is 3.35. The first-order chi connectivity index (χ1) is 11.5. The Morgan fingerprint density at radius 1 is 1.21 bits per heavy atom. The van der Waals surface area contributed by atoms with E-state index in [-0.39, 0.29) is 24.1 Å². The van der Waals surface area contributed by atoms with Gasteiger partial charge in [0.05, 0.1) is 5.41 Å². The van der Waals surface area contributed by atoms with E-state index in [1.807, 2.05) is 4.90 Å². The van der Waals surface area contributed by atoms with E-state index < -0.39 is 11.4 Å². The van der Waals surface area contributed by atoms with Gasteiger partial charge in [-0.3, -0.25) is 9.59 Å². The van der Waals surface area contributed by atoms with Crippen molar-refractivity contribution in [2.45, 2.75) is 50.4 Å². The van der Waals surface area contributed by atoms with E-state index in [1.54, 1.807) is 12.1 Å². The summed E-state index contributed by atoms with van der Waals surface area (Å²) in [4.78, 5) is 25.9. The molecule has 5 heteroatoms. The summed E-state index contributed by atoms with van der Waals surface area (Å²) in [6, 6.07) is 6.32. The molecule has 2 aliphatic rings. The molecule has 1 atom stereocenters. The van der Waals surface area contributed by atoms with E-state index in [4.69, 9.17) is 5.11 Å². The fourth-order valence-electron chi connectivity index (χ4n) is 4.04. The van der Waals surface area contributed by atoms with E-state index in [1.165, 1.54) is 12.1 Å². The summed E-state index contributed by atoms with van der Waals surface area (Å²) >= 11 is 0. The van der Waals surface area contributed by atoms with Gasteiger partial charge in [0.15, 0.2) is 0 Å². The molecule has 1 saturated carbocycles. The number of carbonyl (C=O) groups excluding carboxylic acids is 1. The molecule has 2 fully saturated rings. The molecule has 1 aliphatic heterocycles. The fourth-order valence-corrected chi connectivity index (χ4v) is 4.04. The molecule has 24 heavy (non-hydrogen) atoms. The van der Waals surface area contributed by atoms with Gasteiger partial charge >= 0.3 is 5.97 Å². The van der Waals surface area contributed by atoms with Gasteiger partial charge in [0.25, 0.3) is 0 Å². The van der Waals surface area contributed by atoms with Crippen LogP contribution in [0.5, 0.6) is 0 Å². The quantitative estimate of drug-likeness (QED) is 0.899. The Morgan fingerprint density at radius 2 is 1.92 bits per heavy atom. The molecule has 130 valence electrons. The van der Waals surface area contributed by atoms with Crippen LogP contribution in [0.25, 0.3) is 0 Å². The molecule has 0 radical (unpaired) electrons. The first kappa shape index (κ1) is 16.9. The number of hydrogen-bond acceptors (Lipinski definition) is 2. The minimum absolute atomic E-state index is 0.139. The van der Waals surface area contributed by atoms with Gasteiger partial charge in [-0.15, -0.1) is 0 Å². The monoisotopic (exact) mass is 333 g/mol. The van der Waals surface area contributed by atoms with Crippen LogP contribution in [0.15, 0.2) is 24.3 Å². The van der Waals surface area contributed by atoms with Crippen molar-refractivity contribution < 1.29 is 19.1 Å². The van der Waals surface area contributed by atoms with Gasteiger partial charge in [0.1, 0.15) is 5.82 Å². The SMILES string of the molecule is O=C(O)CCC1CCCN(C(=O)C2(c3ccc(F)cc3)CCC2)C1. The molecule has 1 unspecified atom stereocenters. The Kier molecular flexibility index (Phi) is 4.88. The van der Waals surface area contributed by atoms with Crippen LogP contribution in [0.2, 0.25) is 0 Å². The Labute approximate surface area is 141 Å². The van der Waals surface area contributed by atoms with E-state index in [9.17, 15) is 14.0 Å². The zero-order valence-electron chi connectivity index (χ0n) is 13.8. The van der Waals surface area contributed by atoms with E-state index in [2.05, 4.69) is 0 Å². The third-order valence-electron chi connectivity index (χ3n) is 5.59. The molecule has 1 amide bonds. The number of carboxylic acids is 1. The topological polar surface area (TPSA) is 57.6 Å². The Morgan fingerprint density at radius 3 is 2.50 bits per heavy atom. The van der Waals surface area contributed by atoms with Crippen LogP contribution in [0.3, 0.4) is 0 Å². The number of amides is 1. The maximum atomic E-state index is 13.2. The second-order valence-corrected chi connectivity index (χ2v) is 7.13. The number of aliphatic carboxylic acids is 1. The standard InChI is InChI=1S/C19H24FNO3/c20-16-7-5-15(6-8-16)19(10-2-11-19)18(24)21-12-1-3-14(13-21)4-9-17(22)23/h5-8,14H,1-4,9-13H2,(H,22,23). The van der Waals surface area contributed by atoms with Crippen molar-refractivity contribution in [2.75, 3.05) is 13.1 Å². The number of benzene rings is 1. The zero-order valence-corrected chi connectivity index (χ0v) is 13.8. The number of rotatable bonds is 5. The highest BCUT2D eigenvalue weighted by Crippen LogP contribution is 2.45. The summed E-state index contributed by atoms with van der Waals surface area (Å²) < 4.78 is 13.2. The molecule has 1 N–H and O–H groups in total. The van der Waals surface area contributed by atoms with Gasteiger partial charge in [-0.2, -0.15) is 0 Å². The summed E-state index contributed by atoms with van der Waals surface area (Å²) in [5.41, 5.74) is 0.412. The molecule has 0 aromatic heterocycles. The number of halogens is 1. The average Bonchev–Trinajstić information content (AvgIpc) is 2.54. The van der Waals surface area contributed by atoms with Crippen molar-refractivity contribution in [3.8, 4) is 0 Å². The fraction of sp³-hybridized carbons (Fsp3) is 0.579. The summed E-state index contributed by atoms with van der Waals surface area (Å²) in [5, 5.41) is 8.86. The molecule has 1 heterocycles. The van der Waals surface area contributed by atoms with Crippen molar-refractivity contribution in [2.24, 2.45) is 5.92 Å². The average molecular weight is 333 g/mol. The molecule has 1 aromatic rings. The molecule has 4 nitrogen and oxygen atoms in total. The van der Waals surface area contributed by atoms with E-state index in [0.29, 0.717) is 13.0 Å². The summed E-state index contributed by atoms with van der Waals surface area (Å²) in [6.07, 6.45) is 5.34. The lowest BCUT2D eigenvalue weighted by Gasteiger charge is -2.46. The van der Waals surface area contributed by atoms with Crippen LogP contribution in [0.4, 0.5) is 4.39 Å². The van der Waals surface area contributed by atoms with Crippen molar-refractivity contribution >= 4 is 11.9 Å². The molecule has 1 aliphatic carbocycles. The molecule has 1 saturated heterocycles. The zero-order chi connectivity index (χ0) is 17.2. The van der Waals surface area contributed by atoms with Gasteiger partial charge in [-0.25, -0.2) is 4.39 Å². The third kappa shape index (κ3) is 3.30. The lowest BCUT2D eigenvalue weighted by molar-refractivity contribution is -0.143. The van der Waals surface area contributed by atoms with Crippen molar-refractivity contribution in [1.29, 1.82) is 0 Å². The highest BCUT2D eigenvalue weighted by Gasteiger charge is 2.48. The first-order valence-electron chi connectivity index (χ1n) is 8.78. The van der Waals surface area contributed by atoms with Gasteiger partial charge in [-0.1, -0.05) is 18.6 Å². The van der Waals surface area contributed by atoms with Gasteiger partial charge in [0.2, 0.25) is 5.91 Å². The Hall–Kier alpha value is -1.91. The van der Waals surface area contributed by atoms with Gasteiger partial charge < -0.3 is 10.0 Å². The highest BCUT2D eigenvalue weighted by atomic mass is 19.1. The third-order valence-corrected chi connectivity index (χ3v) is 5.59. The molecular weight excluding hydrogens is 309 g/mol. The van der Waals surface area contributed by atoms with Crippen molar-refractivity contribution in [3.05, 3.63) is 35.6 Å². The largest absolute Gasteiger partial charge is 0.481 e. The first-order valence-corrected chi connectivity index (χ1v) is 8.78. The number of likely N-dealkylation sites (tertiary alicyclic amines) is 1. The molecule has 0 spiro atoms. The lowest BCUT2D eigenvalue weighted by Crippen LogP contribution is -2.53. The van der Waals surface area contributed by atoms with Crippen molar-refractivity contribution in [3.63, 3.8) is 0 Å². The molecular formula is C19H24FNO3. The van der Waals surface area contributed by atoms with Crippen LogP contribution in [-0.4, -0.2) is 35.0 Å². The highest BCUT2D eigenvalue weighted by molar-refractivity contribution is 5.89. The van der Waals surface area contributed by atoms with Crippen LogP contribution in [-0.2, 0) is 15.0 Å². The maximum absolute atomic E-state index is 13.2. The number of hydrogen-bond donors (Lipinski definition) is 1. The smallest absolute Gasteiger partial charge is 0.303 e. The number of nitrogens with zero attached hydrogens (tertiary/aromatic N) is 1. The van der Waals surface area contributed by atoms with Gasteiger partial charge in [0, 0.05) is 19.5 Å². The Bertz CT molecular complexity index is 610. The molecule has 3 rings (SSSR count). The number of carboxylic acid groups (broad SMARTS) is 1. The lowest BCUT2D eigenvalue weighted by atomic mass is 9.63. The van der Waals surface area contributed by atoms with E-state index in [0.717, 1.165) is 44.2 Å². The molecule has 0 bridgehead atoms. The van der Waals surface area contributed by atoms with Crippen molar-refractivity contribution in [1.82, 2.24) is 4.90 Å². The number of carbonyl (C=O) groups is 2. The minimum Gasteiger partial charge on any atom is -0.481 e. The van der Waals surface area contributed by atoms with Crippen LogP contribution >= 0.6 is 0 Å². The van der Waals surface area contributed by atoms with Gasteiger partial charge in [-0.05, 0) is 55.7 Å². The Balaban J connectivity index is 1.71. The molecule has 1 aromatic carbocycles. The minimum atomic E-state index is -0.778. The second kappa shape index (κ2) is 6.91. The normalized spacial score (nSPS) is 22.7. The summed E-state index contributed by atoms with van der Waals surface area (Å²) in [6.45, 7) is 1.39. The summed E-state index contributed by atoms with van der Waals surface area (Å²) in [5.74, 6) is -0.655. The number of piperidine rings is 1. The maximum Gasteiger partial charge on any atom is 0.303 e. The summed E-state index contributed by atoms with van der Waals surface area (Å²) in [7, 11) is 0.